The van der Waals surface area contributed by atoms with Gasteiger partial charge in [0.15, 0.2) is 0 Å². The van der Waals surface area contributed by atoms with Crippen molar-refractivity contribution in [2.75, 3.05) is 14.1 Å². The van der Waals surface area contributed by atoms with Gasteiger partial charge in [-0.25, -0.2) is 0 Å². The summed E-state index contributed by atoms with van der Waals surface area (Å²) in [6.07, 6.45) is 22.9. The van der Waals surface area contributed by atoms with Crippen LogP contribution in [0.25, 0.3) is 0 Å². The van der Waals surface area contributed by atoms with E-state index in [1.807, 2.05) is 0 Å². The fourth-order valence-corrected chi connectivity index (χ4v) is 4.11. The van der Waals surface area contributed by atoms with E-state index >= 15 is 0 Å². The van der Waals surface area contributed by atoms with Crippen molar-refractivity contribution in [2.45, 2.75) is 116 Å². The maximum atomic E-state index is 2.37. The molecular weight excluding hydrogens is 362 g/mol. The molecule has 1 atom stereocenters. The minimum atomic E-state index is 0. The predicted molar refractivity (Wildman–Crippen MR) is 130 cm³/mol. The molecule has 1 aromatic carbocycles. The summed E-state index contributed by atoms with van der Waals surface area (Å²) in [6.45, 7) is 2.30. The Morgan fingerprint density at radius 2 is 1.00 bits per heavy atom. The molecule has 0 aliphatic carbocycles. The maximum Gasteiger partial charge on any atom is 0.0342 e. The van der Waals surface area contributed by atoms with Gasteiger partial charge in [-0.1, -0.05) is 134 Å². The van der Waals surface area contributed by atoms with E-state index in [2.05, 4.69) is 56.3 Å². The molecule has 1 aromatic rings. The van der Waals surface area contributed by atoms with E-state index in [9.17, 15) is 0 Å². The topological polar surface area (TPSA) is 3.24 Å². The lowest BCUT2D eigenvalue weighted by Gasteiger charge is -2.24. The van der Waals surface area contributed by atoms with Crippen molar-refractivity contribution in [1.82, 2.24) is 4.90 Å². The average molecular weight is 410 g/mol. The van der Waals surface area contributed by atoms with Crippen molar-refractivity contribution < 1.29 is 0 Å². The minimum Gasteiger partial charge on any atom is -0.302 e. The molecule has 0 fully saturated rings. The van der Waals surface area contributed by atoms with Crippen LogP contribution < -0.4 is 0 Å². The van der Waals surface area contributed by atoms with Crippen molar-refractivity contribution in [3.8, 4) is 0 Å². The summed E-state index contributed by atoms with van der Waals surface area (Å²) in [4.78, 5) is 2.37. The maximum absolute atomic E-state index is 2.37. The molecule has 0 saturated carbocycles. The summed E-state index contributed by atoms with van der Waals surface area (Å²) >= 11 is 0. The number of hydrogen-bond acceptors (Lipinski definition) is 1. The molecule has 1 unspecified atom stereocenters. The molecule has 1 nitrogen and oxygen atoms in total. The standard InChI is InChI=1S/C26H47N.ClH/c1-4-5-6-7-8-9-10-11-12-13-14-15-16-17-21-24-26(27(2)3)25-22-19-18-20-23-25;/h18-20,22-23,26H,4-17,21,24H2,1-3H3;1H. The zero-order valence-electron chi connectivity index (χ0n) is 19.1. The molecule has 0 bridgehead atoms. The van der Waals surface area contributed by atoms with E-state index < -0.39 is 0 Å². The molecule has 0 aliphatic rings. The van der Waals surface area contributed by atoms with Gasteiger partial charge in [-0.3, -0.25) is 0 Å². The summed E-state index contributed by atoms with van der Waals surface area (Å²) < 4.78 is 0. The molecule has 0 radical (unpaired) electrons. The van der Waals surface area contributed by atoms with Crippen LogP contribution in [0, 0.1) is 0 Å². The number of halogens is 1. The highest BCUT2D eigenvalue weighted by atomic mass is 35.5. The van der Waals surface area contributed by atoms with Crippen LogP contribution in [0.1, 0.15) is 121 Å². The highest BCUT2D eigenvalue weighted by Gasteiger charge is 2.12. The molecule has 1 rings (SSSR count). The molecular formula is C26H48ClN. The highest BCUT2D eigenvalue weighted by Crippen LogP contribution is 2.24. The smallest absolute Gasteiger partial charge is 0.0342 e. The summed E-state index contributed by atoms with van der Waals surface area (Å²) in [5.74, 6) is 0. The van der Waals surface area contributed by atoms with E-state index in [0.717, 1.165) is 0 Å². The van der Waals surface area contributed by atoms with Gasteiger partial charge < -0.3 is 4.90 Å². The van der Waals surface area contributed by atoms with E-state index in [1.165, 1.54) is 108 Å². The first-order valence-electron chi connectivity index (χ1n) is 12.0. The van der Waals surface area contributed by atoms with Crippen LogP contribution in [-0.4, -0.2) is 19.0 Å². The lowest BCUT2D eigenvalue weighted by atomic mass is 9.98. The molecule has 28 heavy (non-hydrogen) atoms. The van der Waals surface area contributed by atoms with E-state index in [0.29, 0.717) is 6.04 Å². The first-order chi connectivity index (χ1) is 13.3. The molecule has 0 aromatic heterocycles. The van der Waals surface area contributed by atoms with Crippen molar-refractivity contribution in [1.29, 1.82) is 0 Å². The monoisotopic (exact) mass is 409 g/mol. The Bertz CT molecular complexity index is 418. The van der Waals surface area contributed by atoms with Crippen LogP contribution >= 0.6 is 12.4 Å². The van der Waals surface area contributed by atoms with Crippen LogP contribution in [0.2, 0.25) is 0 Å². The number of rotatable bonds is 18. The van der Waals surface area contributed by atoms with E-state index in [-0.39, 0.29) is 12.4 Å². The molecule has 0 N–H and O–H groups in total. The fraction of sp³-hybridized carbons (Fsp3) is 0.769. The normalized spacial score (nSPS) is 12.1. The first-order valence-corrected chi connectivity index (χ1v) is 12.0. The van der Waals surface area contributed by atoms with Crippen LogP contribution in [0.4, 0.5) is 0 Å². The summed E-state index contributed by atoms with van der Waals surface area (Å²) in [7, 11) is 4.42. The molecule has 0 heterocycles. The van der Waals surface area contributed by atoms with Gasteiger partial charge in [-0.2, -0.15) is 0 Å². The highest BCUT2D eigenvalue weighted by molar-refractivity contribution is 5.85. The second-order valence-corrected chi connectivity index (χ2v) is 8.63. The third-order valence-corrected chi connectivity index (χ3v) is 5.89. The van der Waals surface area contributed by atoms with Gasteiger partial charge in [-0.15, -0.1) is 12.4 Å². The SMILES string of the molecule is CCCCCCCCCCCCCCCCCC(c1ccccc1)N(C)C.Cl. The largest absolute Gasteiger partial charge is 0.302 e. The second-order valence-electron chi connectivity index (χ2n) is 8.63. The van der Waals surface area contributed by atoms with Gasteiger partial charge in [0, 0.05) is 6.04 Å². The van der Waals surface area contributed by atoms with Crippen molar-refractivity contribution in [2.24, 2.45) is 0 Å². The van der Waals surface area contributed by atoms with Crippen molar-refractivity contribution in [3.05, 3.63) is 35.9 Å². The molecule has 2 heteroatoms. The Morgan fingerprint density at radius 3 is 1.39 bits per heavy atom. The summed E-state index contributed by atoms with van der Waals surface area (Å²) in [5.41, 5.74) is 1.47. The van der Waals surface area contributed by atoms with Crippen molar-refractivity contribution in [3.63, 3.8) is 0 Å². The molecule has 0 amide bonds. The number of hydrogen-bond donors (Lipinski definition) is 0. The van der Waals surface area contributed by atoms with Gasteiger partial charge in [0.1, 0.15) is 0 Å². The third-order valence-electron chi connectivity index (χ3n) is 5.89. The molecule has 0 aliphatic heterocycles. The zero-order chi connectivity index (χ0) is 19.6. The van der Waals surface area contributed by atoms with Crippen LogP contribution in [0.5, 0.6) is 0 Å². The lowest BCUT2D eigenvalue weighted by molar-refractivity contribution is 0.276. The van der Waals surface area contributed by atoms with E-state index in [1.54, 1.807) is 0 Å². The van der Waals surface area contributed by atoms with Gasteiger partial charge in [-0.05, 0) is 26.1 Å². The predicted octanol–water partition coefficient (Wildman–Crippen LogP) is 8.97. The van der Waals surface area contributed by atoms with Gasteiger partial charge in [0.05, 0.1) is 0 Å². The quantitative estimate of drug-likeness (QED) is 0.218. The molecule has 0 saturated heterocycles. The Hall–Kier alpha value is -0.530. The second kappa shape index (κ2) is 19.8. The first kappa shape index (κ1) is 27.5. The van der Waals surface area contributed by atoms with Gasteiger partial charge >= 0.3 is 0 Å². The Balaban J connectivity index is 0.00000729. The molecule has 0 spiro atoms. The Kier molecular flexibility index (Phi) is 19.4. The summed E-state index contributed by atoms with van der Waals surface area (Å²) in [6, 6.07) is 11.6. The van der Waals surface area contributed by atoms with Gasteiger partial charge in [0.25, 0.3) is 0 Å². The minimum absolute atomic E-state index is 0. The summed E-state index contributed by atoms with van der Waals surface area (Å²) in [5, 5.41) is 0. The van der Waals surface area contributed by atoms with Crippen LogP contribution in [-0.2, 0) is 0 Å². The van der Waals surface area contributed by atoms with Crippen LogP contribution in [0.15, 0.2) is 30.3 Å². The fourth-order valence-electron chi connectivity index (χ4n) is 4.11. The number of unbranched alkanes of at least 4 members (excludes halogenated alkanes) is 14. The molecule has 164 valence electrons. The third kappa shape index (κ3) is 14.5. The van der Waals surface area contributed by atoms with Crippen LogP contribution in [0.3, 0.4) is 0 Å². The van der Waals surface area contributed by atoms with Crippen molar-refractivity contribution >= 4 is 12.4 Å². The van der Waals surface area contributed by atoms with Gasteiger partial charge in [0.2, 0.25) is 0 Å². The average Bonchev–Trinajstić information content (AvgIpc) is 2.68. The number of nitrogens with zero attached hydrogens (tertiary/aromatic N) is 1. The zero-order valence-corrected chi connectivity index (χ0v) is 19.9. The van der Waals surface area contributed by atoms with E-state index in [4.69, 9.17) is 0 Å². The lowest BCUT2D eigenvalue weighted by Crippen LogP contribution is -2.19. The Labute approximate surface area is 183 Å². The Morgan fingerprint density at radius 1 is 0.607 bits per heavy atom. The number of benzene rings is 1.